The third kappa shape index (κ3) is 2.24. The van der Waals surface area contributed by atoms with Gasteiger partial charge >= 0.3 is 0 Å². The Balaban J connectivity index is 1.75. The second kappa shape index (κ2) is 4.72. The van der Waals surface area contributed by atoms with Crippen LogP contribution in [-0.4, -0.2) is 21.4 Å². The smallest absolute Gasteiger partial charge is 0.123 e. The minimum absolute atomic E-state index is 0.463. The summed E-state index contributed by atoms with van der Waals surface area (Å²) in [6.07, 6.45) is 6.22. The van der Waals surface area contributed by atoms with Gasteiger partial charge in [0, 0.05) is 18.9 Å². The van der Waals surface area contributed by atoms with Gasteiger partial charge in [0.1, 0.15) is 5.82 Å². The lowest BCUT2D eigenvalue weighted by molar-refractivity contribution is 0.241. The Morgan fingerprint density at radius 2 is 2.18 bits per heavy atom. The van der Waals surface area contributed by atoms with Gasteiger partial charge in [0.25, 0.3) is 0 Å². The number of rotatable bonds is 3. The molecule has 1 unspecified atom stereocenters. The van der Waals surface area contributed by atoms with Crippen LogP contribution in [0.2, 0.25) is 0 Å². The predicted molar refractivity (Wildman–Crippen MR) is 67.4 cm³/mol. The molecule has 0 bridgehead atoms. The van der Waals surface area contributed by atoms with Gasteiger partial charge < -0.3 is 4.98 Å². The zero-order valence-corrected chi connectivity index (χ0v) is 9.84. The van der Waals surface area contributed by atoms with E-state index >= 15 is 0 Å². The normalized spacial score (nSPS) is 20.8. The van der Waals surface area contributed by atoms with Gasteiger partial charge in [0.2, 0.25) is 0 Å². The molecule has 0 spiro atoms. The Morgan fingerprint density at radius 3 is 2.94 bits per heavy atom. The highest BCUT2D eigenvalue weighted by Crippen LogP contribution is 2.30. The van der Waals surface area contributed by atoms with Gasteiger partial charge in [0.05, 0.1) is 6.04 Å². The molecular formula is C14H17N3. The molecule has 0 saturated carbocycles. The number of hydrogen-bond donors (Lipinski definition) is 1. The van der Waals surface area contributed by atoms with E-state index in [-0.39, 0.29) is 0 Å². The van der Waals surface area contributed by atoms with Crippen LogP contribution >= 0.6 is 0 Å². The standard InChI is InChI=1S/C14H17N3/c1-2-5-12(6-3-1)11-17-10-4-7-13(17)14-15-8-9-16-14/h1-3,5-6,8-9,13H,4,7,10-11H2,(H,15,16). The third-order valence-corrected chi connectivity index (χ3v) is 3.43. The molecule has 0 amide bonds. The largest absolute Gasteiger partial charge is 0.347 e. The van der Waals surface area contributed by atoms with E-state index in [1.54, 1.807) is 0 Å². The Bertz CT molecular complexity index is 450. The first kappa shape index (κ1) is 10.5. The first-order chi connectivity index (χ1) is 8.43. The molecule has 2 aromatic rings. The molecule has 17 heavy (non-hydrogen) atoms. The van der Waals surface area contributed by atoms with Crippen LogP contribution in [0.4, 0.5) is 0 Å². The van der Waals surface area contributed by atoms with Crippen LogP contribution in [0.25, 0.3) is 0 Å². The molecule has 1 fully saturated rings. The van der Waals surface area contributed by atoms with Crippen LogP contribution in [0, 0.1) is 0 Å². The number of aromatic amines is 1. The van der Waals surface area contributed by atoms with Crippen molar-refractivity contribution in [2.75, 3.05) is 6.54 Å². The molecule has 1 aromatic carbocycles. The summed E-state index contributed by atoms with van der Waals surface area (Å²) in [6, 6.07) is 11.1. The molecule has 88 valence electrons. The van der Waals surface area contributed by atoms with Gasteiger partial charge in [-0.3, -0.25) is 4.90 Å². The van der Waals surface area contributed by atoms with Gasteiger partial charge in [-0.15, -0.1) is 0 Å². The van der Waals surface area contributed by atoms with E-state index < -0.39 is 0 Å². The SMILES string of the molecule is c1ccc(CN2CCCC2c2ncc[nH]2)cc1. The van der Waals surface area contributed by atoms with Gasteiger partial charge in [-0.25, -0.2) is 4.98 Å². The van der Waals surface area contributed by atoms with Crippen LogP contribution in [0.1, 0.15) is 30.3 Å². The predicted octanol–water partition coefficient (Wildman–Crippen LogP) is 2.75. The van der Waals surface area contributed by atoms with Crippen molar-refractivity contribution in [3.8, 4) is 0 Å². The molecule has 3 nitrogen and oxygen atoms in total. The number of H-pyrrole nitrogens is 1. The third-order valence-electron chi connectivity index (χ3n) is 3.43. The van der Waals surface area contributed by atoms with Crippen LogP contribution in [0.5, 0.6) is 0 Å². The summed E-state index contributed by atoms with van der Waals surface area (Å²) in [6.45, 7) is 2.19. The summed E-state index contributed by atoms with van der Waals surface area (Å²) < 4.78 is 0. The Labute approximate surface area is 101 Å². The van der Waals surface area contributed by atoms with E-state index in [0.29, 0.717) is 6.04 Å². The minimum atomic E-state index is 0.463. The monoisotopic (exact) mass is 227 g/mol. The van der Waals surface area contributed by atoms with Gasteiger partial charge in [0.15, 0.2) is 0 Å². The molecular weight excluding hydrogens is 210 g/mol. The van der Waals surface area contributed by atoms with Crippen molar-refractivity contribution in [3.05, 3.63) is 54.1 Å². The molecule has 1 aliphatic rings. The zero-order valence-electron chi connectivity index (χ0n) is 9.84. The first-order valence-corrected chi connectivity index (χ1v) is 6.21. The van der Waals surface area contributed by atoms with Crippen LogP contribution in [0.15, 0.2) is 42.7 Å². The van der Waals surface area contributed by atoms with Crippen molar-refractivity contribution in [3.63, 3.8) is 0 Å². The summed E-state index contributed by atoms with van der Waals surface area (Å²) in [7, 11) is 0. The highest BCUT2D eigenvalue weighted by atomic mass is 15.2. The van der Waals surface area contributed by atoms with Gasteiger partial charge in [-0.1, -0.05) is 30.3 Å². The maximum Gasteiger partial charge on any atom is 0.123 e. The summed E-state index contributed by atoms with van der Waals surface area (Å²) in [5.74, 6) is 1.11. The Hall–Kier alpha value is -1.61. The van der Waals surface area contributed by atoms with Crippen molar-refractivity contribution < 1.29 is 0 Å². The summed E-state index contributed by atoms with van der Waals surface area (Å²) in [5, 5.41) is 0. The second-order valence-corrected chi connectivity index (χ2v) is 4.59. The number of likely N-dealkylation sites (tertiary alicyclic amines) is 1. The lowest BCUT2D eigenvalue weighted by Gasteiger charge is -2.22. The van der Waals surface area contributed by atoms with E-state index in [1.165, 1.54) is 24.9 Å². The second-order valence-electron chi connectivity index (χ2n) is 4.59. The number of benzene rings is 1. The number of nitrogens with one attached hydrogen (secondary N) is 1. The average Bonchev–Trinajstić information content (AvgIpc) is 3.00. The fourth-order valence-corrected chi connectivity index (χ4v) is 2.60. The molecule has 1 aliphatic heterocycles. The maximum absolute atomic E-state index is 4.39. The van der Waals surface area contributed by atoms with Crippen molar-refractivity contribution in [1.29, 1.82) is 0 Å². The average molecular weight is 227 g/mol. The lowest BCUT2D eigenvalue weighted by atomic mass is 10.2. The highest BCUT2D eigenvalue weighted by Gasteiger charge is 2.27. The van der Waals surface area contributed by atoms with Crippen molar-refractivity contribution in [2.24, 2.45) is 0 Å². The molecule has 3 rings (SSSR count). The van der Waals surface area contributed by atoms with Crippen LogP contribution in [0.3, 0.4) is 0 Å². The van der Waals surface area contributed by atoms with Crippen molar-refractivity contribution >= 4 is 0 Å². The lowest BCUT2D eigenvalue weighted by Crippen LogP contribution is -2.23. The van der Waals surface area contributed by atoms with E-state index in [2.05, 4.69) is 45.2 Å². The Kier molecular flexibility index (Phi) is 2.92. The van der Waals surface area contributed by atoms with E-state index in [4.69, 9.17) is 0 Å². The minimum Gasteiger partial charge on any atom is -0.347 e. The van der Waals surface area contributed by atoms with E-state index in [0.717, 1.165) is 12.4 Å². The number of imidazole rings is 1. The Morgan fingerprint density at radius 1 is 1.29 bits per heavy atom. The highest BCUT2D eigenvalue weighted by molar-refractivity contribution is 5.15. The molecule has 2 heterocycles. The molecule has 3 heteroatoms. The molecule has 1 N–H and O–H groups in total. The maximum atomic E-state index is 4.39. The van der Waals surface area contributed by atoms with Crippen molar-refractivity contribution in [2.45, 2.75) is 25.4 Å². The summed E-state index contributed by atoms with van der Waals surface area (Å²) in [5.41, 5.74) is 1.38. The number of hydrogen-bond acceptors (Lipinski definition) is 2. The van der Waals surface area contributed by atoms with E-state index in [9.17, 15) is 0 Å². The quantitative estimate of drug-likeness (QED) is 0.874. The number of nitrogens with zero attached hydrogens (tertiary/aromatic N) is 2. The van der Waals surface area contributed by atoms with Gasteiger partial charge in [-0.2, -0.15) is 0 Å². The molecule has 0 radical (unpaired) electrons. The molecule has 1 atom stereocenters. The zero-order chi connectivity index (χ0) is 11.5. The summed E-state index contributed by atoms with van der Waals surface area (Å²) in [4.78, 5) is 10.1. The van der Waals surface area contributed by atoms with Crippen LogP contribution in [-0.2, 0) is 6.54 Å². The molecule has 1 aromatic heterocycles. The summed E-state index contributed by atoms with van der Waals surface area (Å²) >= 11 is 0. The van der Waals surface area contributed by atoms with Crippen LogP contribution < -0.4 is 0 Å². The number of aromatic nitrogens is 2. The fraction of sp³-hybridized carbons (Fsp3) is 0.357. The van der Waals surface area contributed by atoms with E-state index in [1.807, 2.05) is 12.4 Å². The topological polar surface area (TPSA) is 31.9 Å². The molecule has 1 saturated heterocycles. The van der Waals surface area contributed by atoms with Gasteiger partial charge in [-0.05, 0) is 24.9 Å². The first-order valence-electron chi connectivity index (χ1n) is 6.21. The van der Waals surface area contributed by atoms with Crippen molar-refractivity contribution in [1.82, 2.24) is 14.9 Å². The fourth-order valence-electron chi connectivity index (χ4n) is 2.60. The molecule has 0 aliphatic carbocycles.